The first-order valence-corrected chi connectivity index (χ1v) is 7.82. The van der Waals surface area contributed by atoms with Gasteiger partial charge in [-0.1, -0.05) is 0 Å². The van der Waals surface area contributed by atoms with E-state index < -0.39 is 17.4 Å². The van der Waals surface area contributed by atoms with Gasteiger partial charge in [0.05, 0.1) is 18.9 Å². The van der Waals surface area contributed by atoms with Crippen LogP contribution in [0.5, 0.6) is 5.75 Å². The average Bonchev–Trinajstić information content (AvgIpc) is 2.93. The first kappa shape index (κ1) is 17.4. The number of aryl methyl sites for hydroxylation is 1. The molecule has 1 atom stereocenters. The van der Waals surface area contributed by atoms with Crippen molar-refractivity contribution in [2.24, 2.45) is 12.1 Å². The molecule has 2 aromatic heterocycles. The molecule has 10 heteroatoms. The largest absolute Gasteiger partial charge is 0.508 e. The topological polar surface area (TPSA) is 138 Å². The standard InChI is InChI=1S/C16H18N6O4/c1-9(23)8-22-12-13(21(2)16(26)19-14(12)25)18-15(22)20-17-7-10-3-5-11(24)6-4-10/h3-7,9,23-24H,8H2,1-2H3,(H,18,20)(H,19,25,26)/b17-7+/t9-/m0/s1. The minimum atomic E-state index is -0.745. The monoisotopic (exact) mass is 358 g/mol. The lowest BCUT2D eigenvalue weighted by atomic mass is 10.2. The number of phenolic OH excluding ortho intramolecular Hbond substituents is 1. The van der Waals surface area contributed by atoms with E-state index in [0.717, 1.165) is 5.56 Å². The molecule has 10 nitrogen and oxygen atoms in total. The van der Waals surface area contributed by atoms with Gasteiger partial charge in [0.25, 0.3) is 5.56 Å². The van der Waals surface area contributed by atoms with Crippen LogP contribution in [0.1, 0.15) is 12.5 Å². The molecule has 1 aromatic carbocycles. The van der Waals surface area contributed by atoms with Gasteiger partial charge in [0.1, 0.15) is 5.75 Å². The summed E-state index contributed by atoms with van der Waals surface area (Å²) in [7, 11) is 1.49. The normalized spacial score (nSPS) is 12.7. The summed E-state index contributed by atoms with van der Waals surface area (Å²) < 4.78 is 2.68. The van der Waals surface area contributed by atoms with Gasteiger partial charge < -0.3 is 14.8 Å². The van der Waals surface area contributed by atoms with Gasteiger partial charge in [0, 0.05) is 7.05 Å². The Morgan fingerprint density at radius 3 is 2.69 bits per heavy atom. The predicted molar refractivity (Wildman–Crippen MR) is 96.6 cm³/mol. The number of phenols is 1. The Morgan fingerprint density at radius 2 is 2.04 bits per heavy atom. The number of aromatic nitrogens is 4. The number of aromatic amines is 1. The van der Waals surface area contributed by atoms with E-state index in [1.807, 2.05) is 0 Å². The van der Waals surface area contributed by atoms with Gasteiger partial charge in [-0.05, 0) is 36.8 Å². The first-order chi connectivity index (χ1) is 12.4. The Hall–Kier alpha value is -3.40. The molecule has 0 fully saturated rings. The number of hydrogen-bond donors (Lipinski definition) is 4. The molecule has 0 saturated carbocycles. The molecule has 0 unspecified atom stereocenters. The highest BCUT2D eigenvalue weighted by atomic mass is 16.3. The Balaban J connectivity index is 2.02. The number of fused-ring (bicyclic) bond motifs is 1. The smallest absolute Gasteiger partial charge is 0.329 e. The molecule has 0 amide bonds. The third kappa shape index (κ3) is 3.35. The Morgan fingerprint density at radius 1 is 1.35 bits per heavy atom. The summed E-state index contributed by atoms with van der Waals surface area (Å²) >= 11 is 0. The first-order valence-electron chi connectivity index (χ1n) is 7.82. The molecule has 0 radical (unpaired) electrons. The summed E-state index contributed by atoms with van der Waals surface area (Å²) in [4.78, 5) is 30.4. The van der Waals surface area contributed by atoms with Crippen molar-refractivity contribution in [1.82, 2.24) is 19.1 Å². The van der Waals surface area contributed by atoms with Crippen molar-refractivity contribution in [3.63, 3.8) is 0 Å². The highest BCUT2D eigenvalue weighted by molar-refractivity contribution is 5.80. The van der Waals surface area contributed by atoms with Crippen LogP contribution >= 0.6 is 0 Å². The van der Waals surface area contributed by atoms with E-state index in [9.17, 15) is 19.8 Å². The molecule has 0 spiro atoms. The lowest BCUT2D eigenvalue weighted by Gasteiger charge is -2.09. The fraction of sp³-hybridized carbons (Fsp3) is 0.250. The second kappa shape index (κ2) is 6.84. The minimum Gasteiger partial charge on any atom is -0.508 e. The van der Waals surface area contributed by atoms with Crippen LogP contribution in [0.25, 0.3) is 11.2 Å². The van der Waals surface area contributed by atoms with Gasteiger partial charge in [0.2, 0.25) is 5.95 Å². The highest BCUT2D eigenvalue weighted by Gasteiger charge is 2.18. The number of hydrogen-bond acceptors (Lipinski definition) is 7. The van der Waals surface area contributed by atoms with Crippen molar-refractivity contribution < 1.29 is 10.2 Å². The second-order valence-electron chi connectivity index (χ2n) is 5.85. The number of aliphatic hydroxyl groups is 1. The van der Waals surface area contributed by atoms with Gasteiger partial charge in [-0.3, -0.25) is 14.3 Å². The van der Waals surface area contributed by atoms with Crippen LogP contribution in [0.3, 0.4) is 0 Å². The van der Waals surface area contributed by atoms with E-state index >= 15 is 0 Å². The number of aliphatic hydroxyl groups excluding tert-OH is 1. The number of aromatic hydroxyl groups is 1. The zero-order chi connectivity index (χ0) is 18.8. The minimum absolute atomic E-state index is 0.0921. The van der Waals surface area contributed by atoms with Gasteiger partial charge >= 0.3 is 5.69 Å². The number of nitrogens with zero attached hydrogens (tertiary/aromatic N) is 4. The summed E-state index contributed by atoms with van der Waals surface area (Å²) in [5.74, 6) is 0.358. The van der Waals surface area contributed by atoms with Crippen LogP contribution in [-0.4, -0.2) is 41.6 Å². The molecule has 0 aliphatic carbocycles. The zero-order valence-electron chi connectivity index (χ0n) is 14.2. The van der Waals surface area contributed by atoms with Crippen LogP contribution in [0.15, 0.2) is 39.0 Å². The van der Waals surface area contributed by atoms with Gasteiger partial charge in [-0.15, -0.1) is 0 Å². The number of nitrogens with one attached hydrogen (secondary N) is 2. The van der Waals surface area contributed by atoms with Gasteiger partial charge in [-0.2, -0.15) is 10.1 Å². The van der Waals surface area contributed by atoms with Crippen molar-refractivity contribution in [2.45, 2.75) is 19.6 Å². The third-order valence-corrected chi connectivity index (χ3v) is 3.73. The maximum Gasteiger partial charge on any atom is 0.329 e. The van der Waals surface area contributed by atoms with E-state index in [2.05, 4.69) is 20.5 Å². The summed E-state index contributed by atoms with van der Waals surface area (Å²) in [6.07, 6.45) is 0.764. The number of rotatable bonds is 5. The molecule has 0 aliphatic heterocycles. The third-order valence-electron chi connectivity index (χ3n) is 3.73. The number of benzene rings is 1. The fourth-order valence-corrected chi connectivity index (χ4v) is 2.49. The van der Waals surface area contributed by atoms with Crippen LogP contribution in [-0.2, 0) is 13.6 Å². The molecule has 3 aromatic rings. The summed E-state index contributed by atoms with van der Waals surface area (Å²) in [5.41, 5.74) is 2.63. The highest BCUT2D eigenvalue weighted by Crippen LogP contribution is 2.16. The summed E-state index contributed by atoms with van der Waals surface area (Å²) in [6.45, 7) is 1.67. The van der Waals surface area contributed by atoms with Crippen molar-refractivity contribution >= 4 is 23.3 Å². The molecule has 0 saturated heterocycles. The maximum absolute atomic E-state index is 12.2. The number of anilines is 1. The maximum atomic E-state index is 12.2. The average molecular weight is 358 g/mol. The number of hydrazone groups is 1. The van der Waals surface area contributed by atoms with Crippen LogP contribution in [0.4, 0.5) is 5.95 Å². The molecule has 26 heavy (non-hydrogen) atoms. The SMILES string of the molecule is C[C@H](O)Cn1c(N/N=C/c2ccc(O)cc2)nc2c1c(=O)[nH]c(=O)n2C. The zero-order valence-corrected chi connectivity index (χ0v) is 14.2. The molecule has 0 bridgehead atoms. The lowest BCUT2D eigenvalue weighted by Crippen LogP contribution is -2.29. The quantitative estimate of drug-likeness (QED) is 0.373. The van der Waals surface area contributed by atoms with E-state index in [1.54, 1.807) is 19.1 Å². The van der Waals surface area contributed by atoms with Crippen LogP contribution in [0.2, 0.25) is 0 Å². The lowest BCUT2D eigenvalue weighted by molar-refractivity contribution is 0.175. The summed E-state index contributed by atoms with van der Waals surface area (Å²) in [6, 6.07) is 6.40. The van der Waals surface area contributed by atoms with Gasteiger partial charge in [0.15, 0.2) is 11.2 Å². The van der Waals surface area contributed by atoms with E-state index in [0.29, 0.717) is 0 Å². The molecule has 0 aliphatic rings. The molecule has 3 rings (SSSR count). The fourth-order valence-electron chi connectivity index (χ4n) is 2.49. The van der Waals surface area contributed by atoms with Crippen molar-refractivity contribution in [3.05, 3.63) is 50.7 Å². The molecule has 136 valence electrons. The number of imidazole rings is 1. The Labute approximate surface area is 147 Å². The van der Waals surface area contributed by atoms with Crippen molar-refractivity contribution in [3.8, 4) is 5.75 Å². The van der Waals surface area contributed by atoms with Gasteiger partial charge in [-0.25, -0.2) is 10.2 Å². The summed E-state index contributed by atoms with van der Waals surface area (Å²) in [5, 5.41) is 23.1. The van der Waals surface area contributed by atoms with Crippen molar-refractivity contribution in [1.29, 1.82) is 0 Å². The molecule has 2 heterocycles. The van der Waals surface area contributed by atoms with E-state index in [-0.39, 0.29) is 29.4 Å². The van der Waals surface area contributed by atoms with Crippen LogP contribution in [0, 0.1) is 0 Å². The van der Waals surface area contributed by atoms with E-state index in [1.165, 1.54) is 34.5 Å². The Kier molecular flexibility index (Phi) is 4.59. The molecular formula is C16H18N6O4. The number of H-pyrrole nitrogens is 1. The van der Waals surface area contributed by atoms with Crippen molar-refractivity contribution in [2.75, 3.05) is 5.43 Å². The predicted octanol–water partition coefficient (Wildman–Crippen LogP) is -0.0443. The molecule has 4 N–H and O–H groups in total. The van der Waals surface area contributed by atoms with E-state index in [4.69, 9.17) is 0 Å². The molecular weight excluding hydrogens is 340 g/mol. The second-order valence-corrected chi connectivity index (χ2v) is 5.85. The van der Waals surface area contributed by atoms with Crippen LogP contribution < -0.4 is 16.7 Å². The Bertz CT molecular complexity index is 1080.